The zero-order valence-corrected chi connectivity index (χ0v) is 25.2. The van der Waals surface area contributed by atoms with E-state index < -0.39 is 12.1 Å². The summed E-state index contributed by atoms with van der Waals surface area (Å²) in [5.41, 5.74) is 0. The highest BCUT2D eigenvalue weighted by atomic mass is 16.3. The lowest BCUT2D eigenvalue weighted by Gasteiger charge is -2.19. The lowest BCUT2D eigenvalue weighted by atomic mass is 10.0. The molecule has 0 radical (unpaired) electrons. The van der Waals surface area contributed by atoms with E-state index in [1.165, 1.54) is 96.3 Å². The molecule has 0 saturated carbocycles. The van der Waals surface area contributed by atoms with Gasteiger partial charge in [0.15, 0.2) is 0 Å². The highest BCUT2D eigenvalue weighted by Gasteiger charge is 2.17. The first-order chi connectivity index (χ1) is 18.7. The van der Waals surface area contributed by atoms with Crippen molar-refractivity contribution in [2.45, 2.75) is 167 Å². The first-order valence-electron chi connectivity index (χ1n) is 16.2. The van der Waals surface area contributed by atoms with E-state index in [1.807, 2.05) is 6.08 Å². The lowest BCUT2D eigenvalue weighted by Crippen LogP contribution is -2.45. The normalized spacial score (nSPS) is 13.7. The zero-order valence-electron chi connectivity index (χ0n) is 25.2. The molecular weight excluding hydrogens is 470 g/mol. The molecule has 0 aliphatic rings. The second-order valence-electron chi connectivity index (χ2n) is 10.9. The summed E-state index contributed by atoms with van der Waals surface area (Å²) in [5.74, 6) is -0.0816. The number of allylic oxidation sites excluding steroid dienone is 5. The van der Waals surface area contributed by atoms with Crippen LogP contribution in [0.15, 0.2) is 36.5 Å². The number of hydrogen-bond donors (Lipinski definition) is 3. The van der Waals surface area contributed by atoms with Crippen molar-refractivity contribution in [3.8, 4) is 0 Å². The van der Waals surface area contributed by atoms with E-state index in [4.69, 9.17) is 0 Å². The maximum absolute atomic E-state index is 12.2. The number of unbranched alkanes of at least 4 members (excludes halogenated alkanes) is 17. The van der Waals surface area contributed by atoms with Crippen molar-refractivity contribution < 1.29 is 15.0 Å². The average molecular weight is 534 g/mol. The summed E-state index contributed by atoms with van der Waals surface area (Å²) in [4.78, 5) is 12.2. The van der Waals surface area contributed by atoms with Gasteiger partial charge in [0.1, 0.15) is 0 Å². The van der Waals surface area contributed by atoms with Crippen molar-refractivity contribution >= 4 is 5.91 Å². The molecule has 0 aliphatic carbocycles. The number of aliphatic hydroxyl groups is 2. The van der Waals surface area contributed by atoms with E-state index >= 15 is 0 Å². The van der Waals surface area contributed by atoms with Crippen molar-refractivity contribution in [2.24, 2.45) is 0 Å². The molecule has 0 bridgehead atoms. The standard InChI is InChI=1S/C34H63NO3/c1-3-5-7-9-11-13-15-17-19-21-23-25-27-29-33(37)32(31-36)35-34(38)30-28-26-24-22-20-18-16-14-12-10-8-6-4-2/h11,13,19,21,27,29,32-33,36-37H,3-10,12,14-18,20,22-26,28,30-31H2,1-2H3,(H,35,38)/b13-11+,21-19+,29-27+. The van der Waals surface area contributed by atoms with Gasteiger partial charge in [0.25, 0.3) is 0 Å². The monoisotopic (exact) mass is 533 g/mol. The van der Waals surface area contributed by atoms with E-state index in [9.17, 15) is 15.0 Å². The van der Waals surface area contributed by atoms with Gasteiger partial charge in [0.2, 0.25) is 5.91 Å². The van der Waals surface area contributed by atoms with Crippen LogP contribution in [0, 0.1) is 0 Å². The molecule has 0 aromatic heterocycles. The topological polar surface area (TPSA) is 69.6 Å². The molecule has 3 N–H and O–H groups in total. The Morgan fingerprint density at radius 3 is 1.53 bits per heavy atom. The number of rotatable bonds is 28. The number of aliphatic hydroxyl groups excluding tert-OH is 2. The molecule has 4 heteroatoms. The highest BCUT2D eigenvalue weighted by Crippen LogP contribution is 2.13. The van der Waals surface area contributed by atoms with Crippen LogP contribution in [0.5, 0.6) is 0 Å². The fourth-order valence-corrected chi connectivity index (χ4v) is 4.56. The lowest BCUT2D eigenvalue weighted by molar-refractivity contribution is -0.123. The predicted molar refractivity (Wildman–Crippen MR) is 165 cm³/mol. The second kappa shape index (κ2) is 30.2. The molecule has 0 heterocycles. The number of hydrogen-bond acceptors (Lipinski definition) is 3. The molecule has 2 unspecified atom stereocenters. The zero-order chi connectivity index (χ0) is 27.9. The molecule has 4 nitrogen and oxygen atoms in total. The third-order valence-electron chi connectivity index (χ3n) is 7.10. The molecular formula is C34H63NO3. The molecule has 38 heavy (non-hydrogen) atoms. The van der Waals surface area contributed by atoms with Gasteiger partial charge < -0.3 is 15.5 Å². The third-order valence-corrected chi connectivity index (χ3v) is 7.10. The number of amides is 1. The van der Waals surface area contributed by atoms with Crippen LogP contribution in [0.4, 0.5) is 0 Å². The van der Waals surface area contributed by atoms with Gasteiger partial charge in [0, 0.05) is 6.42 Å². The maximum atomic E-state index is 12.2. The maximum Gasteiger partial charge on any atom is 0.220 e. The Bertz CT molecular complexity index is 584. The Balaban J connectivity index is 3.74. The summed E-state index contributed by atoms with van der Waals surface area (Å²) in [6, 6.07) is -0.639. The molecule has 2 atom stereocenters. The quantitative estimate of drug-likeness (QED) is 0.0693. The first kappa shape index (κ1) is 36.6. The van der Waals surface area contributed by atoms with Crippen LogP contribution in [0.2, 0.25) is 0 Å². The molecule has 222 valence electrons. The van der Waals surface area contributed by atoms with Crippen LogP contribution in [0.25, 0.3) is 0 Å². The van der Waals surface area contributed by atoms with Gasteiger partial charge >= 0.3 is 0 Å². The SMILES string of the molecule is CCCCC/C=C/CC/C=C/CC/C=C/C(O)C(CO)NC(=O)CCCCCCCCCCCCCCC. The fraction of sp³-hybridized carbons (Fsp3) is 0.794. The Hall–Kier alpha value is -1.39. The van der Waals surface area contributed by atoms with Gasteiger partial charge in [-0.1, -0.05) is 140 Å². The van der Waals surface area contributed by atoms with Crippen LogP contribution in [-0.2, 0) is 4.79 Å². The number of carbonyl (C=O) groups is 1. The molecule has 0 fully saturated rings. The summed E-state index contributed by atoms with van der Waals surface area (Å²) >= 11 is 0. The summed E-state index contributed by atoms with van der Waals surface area (Å²) < 4.78 is 0. The van der Waals surface area contributed by atoms with E-state index in [0.29, 0.717) is 6.42 Å². The molecule has 0 aromatic rings. The Morgan fingerprint density at radius 2 is 1.03 bits per heavy atom. The van der Waals surface area contributed by atoms with Crippen LogP contribution in [0.1, 0.15) is 155 Å². The predicted octanol–water partition coefficient (Wildman–Crippen LogP) is 9.12. The summed E-state index contributed by atoms with van der Waals surface area (Å²) in [6.07, 6.45) is 37.8. The molecule has 0 aliphatic heterocycles. The molecule has 0 saturated heterocycles. The summed E-state index contributed by atoms with van der Waals surface area (Å²) in [6.45, 7) is 4.23. The van der Waals surface area contributed by atoms with Crippen molar-refractivity contribution in [3.05, 3.63) is 36.5 Å². The van der Waals surface area contributed by atoms with Gasteiger partial charge in [-0.15, -0.1) is 0 Å². The molecule has 0 rings (SSSR count). The first-order valence-corrected chi connectivity index (χ1v) is 16.2. The van der Waals surface area contributed by atoms with Gasteiger partial charge in [-0.2, -0.15) is 0 Å². The average Bonchev–Trinajstić information content (AvgIpc) is 2.92. The van der Waals surface area contributed by atoms with E-state index in [-0.39, 0.29) is 12.5 Å². The summed E-state index contributed by atoms with van der Waals surface area (Å²) in [7, 11) is 0. The van der Waals surface area contributed by atoms with E-state index in [1.54, 1.807) is 6.08 Å². The molecule has 0 aromatic carbocycles. The summed E-state index contributed by atoms with van der Waals surface area (Å²) in [5, 5.41) is 22.7. The third kappa shape index (κ3) is 26.2. The minimum absolute atomic E-state index is 0.0816. The van der Waals surface area contributed by atoms with Crippen molar-refractivity contribution in [3.63, 3.8) is 0 Å². The van der Waals surface area contributed by atoms with Crippen molar-refractivity contribution in [2.75, 3.05) is 6.61 Å². The van der Waals surface area contributed by atoms with Crippen LogP contribution in [-0.4, -0.2) is 34.9 Å². The smallest absolute Gasteiger partial charge is 0.220 e. The minimum Gasteiger partial charge on any atom is -0.394 e. The van der Waals surface area contributed by atoms with Crippen LogP contribution < -0.4 is 5.32 Å². The Kier molecular flexibility index (Phi) is 29.1. The fourth-order valence-electron chi connectivity index (χ4n) is 4.56. The second-order valence-corrected chi connectivity index (χ2v) is 10.9. The number of nitrogens with one attached hydrogen (secondary N) is 1. The van der Waals surface area contributed by atoms with E-state index in [2.05, 4.69) is 43.5 Å². The highest BCUT2D eigenvalue weighted by molar-refractivity contribution is 5.76. The van der Waals surface area contributed by atoms with Crippen LogP contribution >= 0.6 is 0 Å². The van der Waals surface area contributed by atoms with Crippen LogP contribution in [0.3, 0.4) is 0 Å². The number of carbonyl (C=O) groups excluding carboxylic acids is 1. The molecule has 1 amide bonds. The van der Waals surface area contributed by atoms with Gasteiger partial charge in [-0.05, 0) is 44.9 Å². The van der Waals surface area contributed by atoms with Crippen molar-refractivity contribution in [1.29, 1.82) is 0 Å². The van der Waals surface area contributed by atoms with E-state index in [0.717, 1.165) is 38.5 Å². The van der Waals surface area contributed by atoms with Crippen molar-refractivity contribution in [1.82, 2.24) is 5.32 Å². The minimum atomic E-state index is -0.864. The Morgan fingerprint density at radius 1 is 0.605 bits per heavy atom. The largest absolute Gasteiger partial charge is 0.394 e. The van der Waals surface area contributed by atoms with Gasteiger partial charge in [-0.3, -0.25) is 4.79 Å². The van der Waals surface area contributed by atoms with Gasteiger partial charge in [-0.25, -0.2) is 0 Å². The van der Waals surface area contributed by atoms with Gasteiger partial charge in [0.05, 0.1) is 18.8 Å². The Labute approximate surface area is 236 Å². The molecule has 0 spiro atoms.